The van der Waals surface area contributed by atoms with Gasteiger partial charge in [0.2, 0.25) is 5.91 Å². The van der Waals surface area contributed by atoms with Crippen molar-refractivity contribution in [3.8, 4) is 0 Å². The second-order valence-corrected chi connectivity index (χ2v) is 4.63. The van der Waals surface area contributed by atoms with Crippen LogP contribution in [0.1, 0.15) is 19.4 Å². The Hall–Kier alpha value is -1.81. The first-order valence-corrected chi connectivity index (χ1v) is 6.23. The molecule has 0 spiro atoms. The predicted octanol–water partition coefficient (Wildman–Crippen LogP) is 2.42. The minimum Gasteiger partial charge on any atom is -0.478 e. The molecule has 1 rings (SSSR count). The second kappa shape index (κ2) is 6.95. The van der Waals surface area contributed by atoms with Gasteiger partial charge in [0.1, 0.15) is 0 Å². The Morgan fingerprint density at radius 2 is 1.95 bits per heavy atom. The third-order valence-electron chi connectivity index (χ3n) is 2.81. The van der Waals surface area contributed by atoms with Crippen LogP contribution in [0.3, 0.4) is 0 Å². The molecule has 0 saturated carbocycles. The van der Waals surface area contributed by atoms with Gasteiger partial charge >= 0.3 is 5.97 Å². The molecule has 19 heavy (non-hydrogen) atoms. The van der Waals surface area contributed by atoms with Gasteiger partial charge in [0.05, 0.1) is 0 Å². The summed E-state index contributed by atoms with van der Waals surface area (Å²) >= 11 is 5.85. The van der Waals surface area contributed by atoms with Crippen molar-refractivity contribution in [2.24, 2.45) is 0 Å². The van der Waals surface area contributed by atoms with Crippen LogP contribution in [0, 0.1) is 0 Å². The Kier molecular flexibility index (Phi) is 5.57. The summed E-state index contributed by atoms with van der Waals surface area (Å²) in [7, 11) is 0. The van der Waals surface area contributed by atoms with Gasteiger partial charge in [-0.15, -0.1) is 0 Å². The third-order valence-corrected chi connectivity index (χ3v) is 3.05. The van der Waals surface area contributed by atoms with E-state index in [1.165, 1.54) is 13.8 Å². The number of nitrogens with one attached hydrogen (secondary N) is 1. The number of carboxylic acids is 1. The zero-order valence-corrected chi connectivity index (χ0v) is 11.6. The van der Waals surface area contributed by atoms with E-state index in [0.717, 1.165) is 5.56 Å². The molecular formula is C14H16ClNO3. The van der Waals surface area contributed by atoms with E-state index in [9.17, 15) is 9.59 Å². The fraction of sp³-hybridized carbons (Fsp3) is 0.286. The molecule has 102 valence electrons. The molecule has 5 heteroatoms. The molecule has 1 aromatic carbocycles. The lowest BCUT2D eigenvalue weighted by molar-refractivity contribution is -0.133. The lowest BCUT2D eigenvalue weighted by Gasteiger charge is -2.07. The molecule has 0 saturated heterocycles. The Labute approximate surface area is 117 Å². The number of halogens is 1. The first-order chi connectivity index (χ1) is 8.91. The van der Waals surface area contributed by atoms with E-state index in [0.29, 0.717) is 18.0 Å². The van der Waals surface area contributed by atoms with E-state index in [4.69, 9.17) is 16.7 Å². The SMILES string of the molecule is CC(C(=O)O)=C(C)C(=O)NCCc1cccc(Cl)c1. The highest BCUT2D eigenvalue weighted by Gasteiger charge is 2.11. The van der Waals surface area contributed by atoms with E-state index >= 15 is 0 Å². The first kappa shape index (κ1) is 15.2. The van der Waals surface area contributed by atoms with E-state index in [1.807, 2.05) is 18.2 Å². The van der Waals surface area contributed by atoms with Gasteiger partial charge < -0.3 is 10.4 Å². The smallest absolute Gasteiger partial charge is 0.331 e. The number of amides is 1. The standard InChI is InChI=1S/C14H16ClNO3/c1-9(10(2)14(18)19)13(17)16-7-6-11-4-3-5-12(15)8-11/h3-5,8H,6-7H2,1-2H3,(H,16,17)(H,18,19). The maximum absolute atomic E-state index is 11.7. The van der Waals surface area contributed by atoms with E-state index in [-0.39, 0.29) is 17.1 Å². The Balaban J connectivity index is 2.52. The molecule has 1 amide bonds. The molecule has 0 atom stereocenters. The monoisotopic (exact) mass is 281 g/mol. The van der Waals surface area contributed by atoms with Crippen LogP contribution in [0.5, 0.6) is 0 Å². The summed E-state index contributed by atoms with van der Waals surface area (Å²) < 4.78 is 0. The maximum Gasteiger partial charge on any atom is 0.331 e. The van der Waals surface area contributed by atoms with Crippen LogP contribution >= 0.6 is 11.6 Å². The number of rotatable bonds is 5. The van der Waals surface area contributed by atoms with Crippen molar-refractivity contribution in [2.45, 2.75) is 20.3 Å². The Morgan fingerprint density at radius 3 is 2.53 bits per heavy atom. The van der Waals surface area contributed by atoms with Crippen molar-refractivity contribution in [3.63, 3.8) is 0 Å². The highest BCUT2D eigenvalue weighted by Crippen LogP contribution is 2.10. The Bertz CT molecular complexity index is 523. The summed E-state index contributed by atoms with van der Waals surface area (Å²) in [6.07, 6.45) is 0.645. The van der Waals surface area contributed by atoms with E-state index in [1.54, 1.807) is 6.07 Å². The van der Waals surface area contributed by atoms with Crippen molar-refractivity contribution >= 4 is 23.5 Å². The summed E-state index contributed by atoms with van der Waals surface area (Å²) in [6, 6.07) is 7.38. The molecule has 4 nitrogen and oxygen atoms in total. The molecule has 0 heterocycles. The summed E-state index contributed by atoms with van der Waals surface area (Å²) in [5.41, 5.74) is 1.29. The quantitative estimate of drug-likeness (QED) is 0.815. The van der Waals surface area contributed by atoms with Gasteiger partial charge in [-0.2, -0.15) is 0 Å². The molecule has 0 bridgehead atoms. The van der Waals surface area contributed by atoms with Crippen LogP contribution in [0.4, 0.5) is 0 Å². The highest BCUT2D eigenvalue weighted by atomic mass is 35.5. The normalized spacial score (nSPS) is 11.7. The van der Waals surface area contributed by atoms with Crippen LogP contribution in [0.15, 0.2) is 35.4 Å². The lowest BCUT2D eigenvalue weighted by Crippen LogP contribution is -2.27. The zero-order chi connectivity index (χ0) is 14.4. The minimum absolute atomic E-state index is 0.0558. The number of carboxylic acid groups (broad SMARTS) is 1. The van der Waals surface area contributed by atoms with Crippen molar-refractivity contribution < 1.29 is 14.7 Å². The fourth-order valence-electron chi connectivity index (χ4n) is 1.48. The molecule has 0 aliphatic carbocycles. The minimum atomic E-state index is -1.08. The van der Waals surface area contributed by atoms with Crippen LogP contribution in [-0.4, -0.2) is 23.5 Å². The number of carbonyl (C=O) groups is 2. The molecule has 0 aromatic heterocycles. The van der Waals surface area contributed by atoms with E-state index < -0.39 is 5.97 Å². The van der Waals surface area contributed by atoms with Gasteiger partial charge in [-0.3, -0.25) is 4.79 Å². The molecule has 0 aliphatic heterocycles. The number of benzene rings is 1. The molecule has 1 aromatic rings. The number of hydrogen-bond donors (Lipinski definition) is 2. The van der Waals surface area contributed by atoms with Gasteiger partial charge in [-0.25, -0.2) is 4.79 Å². The molecular weight excluding hydrogens is 266 g/mol. The Morgan fingerprint density at radius 1 is 1.26 bits per heavy atom. The number of carbonyl (C=O) groups excluding carboxylic acids is 1. The van der Waals surface area contributed by atoms with Crippen LogP contribution in [-0.2, 0) is 16.0 Å². The highest BCUT2D eigenvalue weighted by molar-refractivity contribution is 6.30. The largest absolute Gasteiger partial charge is 0.478 e. The second-order valence-electron chi connectivity index (χ2n) is 4.19. The summed E-state index contributed by atoms with van der Waals surface area (Å²) in [4.78, 5) is 22.4. The average molecular weight is 282 g/mol. The van der Waals surface area contributed by atoms with Crippen LogP contribution < -0.4 is 5.32 Å². The fourth-order valence-corrected chi connectivity index (χ4v) is 1.69. The first-order valence-electron chi connectivity index (χ1n) is 5.85. The van der Waals surface area contributed by atoms with Gasteiger partial charge in [0.15, 0.2) is 0 Å². The van der Waals surface area contributed by atoms with Crippen molar-refractivity contribution in [3.05, 3.63) is 46.0 Å². The molecule has 0 unspecified atom stereocenters. The van der Waals surface area contributed by atoms with Crippen LogP contribution in [0.25, 0.3) is 0 Å². The molecule has 2 N–H and O–H groups in total. The third kappa shape index (κ3) is 4.75. The number of hydrogen-bond acceptors (Lipinski definition) is 2. The van der Waals surface area contributed by atoms with Crippen molar-refractivity contribution in [2.75, 3.05) is 6.54 Å². The predicted molar refractivity (Wildman–Crippen MR) is 74.2 cm³/mol. The van der Waals surface area contributed by atoms with E-state index in [2.05, 4.69) is 5.32 Å². The van der Waals surface area contributed by atoms with Gasteiger partial charge in [0.25, 0.3) is 0 Å². The van der Waals surface area contributed by atoms with Gasteiger partial charge in [-0.1, -0.05) is 23.7 Å². The maximum atomic E-state index is 11.7. The number of aliphatic carboxylic acids is 1. The van der Waals surface area contributed by atoms with Crippen molar-refractivity contribution in [1.82, 2.24) is 5.32 Å². The topological polar surface area (TPSA) is 66.4 Å². The molecule has 0 fully saturated rings. The van der Waals surface area contributed by atoms with Gasteiger partial charge in [0, 0.05) is 22.7 Å². The van der Waals surface area contributed by atoms with Crippen LogP contribution in [0.2, 0.25) is 5.02 Å². The van der Waals surface area contributed by atoms with Gasteiger partial charge in [-0.05, 0) is 38.0 Å². The molecule has 0 aliphatic rings. The average Bonchev–Trinajstić information content (AvgIpc) is 2.36. The summed E-state index contributed by atoms with van der Waals surface area (Å²) in [5.74, 6) is -1.44. The summed E-state index contributed by atoms with van der Waals surface area (Å²) in [5, 5.41) is 12.1. The zero-order valence-electron chi connectivity index (χ0n) is 10.9. The van der Waals surface area contributed by atoms with Crippen molar-refractivity contribution in [1.29, 1.82) is 0 Å². The molecule has 0 radical (unpaired) electrons. The summed E-state index contributed by atoms with van der Waals surface area (Å²) in [6.45, 7) is 3.34. The lowest BCUT2D eigenvalue weighted by atomic mass is 10.1.